The molecule has 0 fully saturated rings. The lowest BCUT2D eigenvalue weighted by molar-refractivity contribution is -0.132. The highest BCUT2D eigenvalue weighted by Gasteiger charge is 2.20. The van der Waals surface area contributed by atoms with Gasteiger partial charge in [0.1, 0.15) is 17.1 Å². The van der Waals surface area contributed by atoms with E-state index in [1.165, 1.54) is 14.0 Å². The van der Waals surface area contributed by atoms with E-state index in [1.807, 2.05) is 56.3 Å². The van der Waals surface area contributed by atoms with E-state index in [0.717, 1.165) is 16.7 Å². The molecule has 0 spiro atoms. The Hall–Kier alpha value is -4.06. The van der Waals surface area contributed by atoms with Gasteiger partial charge < -0.3 is 19.6 Å². The summed E-state index contributed by atoms with van der Waals surface area (Å²) in [6.07, 6.45) is 3.20. The number of carbonyl (C=O) groups is 1. The number of allylic oxidation sites excluding steroid dienone is 2. The van der Waals surface area contributed by atoms with Crippen LogP contribution in [-0.2, 0) is 9.53 Å². The van der Waals surface area contributed by atoms with Crippen molar-refractivity contribution in [2.45, 2.75) is 33.7 Å². The number of methoxy groups -OCH3 is 1. The molecule has 2 aromatic carbocycles. The second-order valence-electron chi connectivity index (χ2n) is 8.20. The largest absolute Gasteiger partial charge is 0.497 e. The Bertz CT molecular complexity index is 1360. The topological polar surface area (TPSA) is 88.8 Å². The summed E-state index contributed by atoms with van der Waals surface area (Å²) in [5.41, 5.74) is 3.91. The Balaban J connectivity index is 2.18. The van der Waals surface area contributed by atoms with Crippen molar-refractivity contribution in [1.29, 1.82) is 0 Å². The van der Waals surface area contributed by atoms with Gasteiger partial charge in [-0.3, -0.25) is 4.79 Å². The molecule has 1 unspecified atom stereocenters. The van der Waals surface area contributed by atoms with Crippen LogP contribution in [0.4, 0.5) is 0 Å². The molecule has 2 N–H and O–H groups in total. The number of carboxylic acids is 1. The number of aliphatic carboxylic acids is 1. The summed E-state index contributed by atoms with van der Waals surface area (Å²) < 4.78 is 11.4. The van der Waals surface area contributed by atoms with E-state index < -0.39 is 5.97 Å². The van der Waals surface area contributed by atoms with Gasteiger partial charge in [0.15, 0.2) is 5.43 Å². The van der Waals surface area contributed by atoms with E-state index in [0.29, 0.717) is 33.7 Å². The molecule has 176 valence electrons. The SMILES string of the molecule is C=C(/C=C\C(NC(C)c1cc(C)cc2c(=O)c(C)c(-c3ccccc3)oc12)=C(/C)C(=O)O)OC. The predicted octanol–water partition coefficient (Wildman–Crippen LogP) is 5.80. The lowest BCUT2D eigenvalue weighted by Gasteiger charge is -2.20. The summed E-state index contributed by atoms with van der Waals surface area (Å²) in [7, 11) is 1.49. The van der Waals surface area contributed by atoms with Gasteiger partial charge in [0, 0.05) is 22.4 Å². The Morgan fingerprint density at radius 2 is 1.85 bits per heavy atom. The Kier molecular flexibility index (Phi) is 7.41. The summed E-state index contributed by atoms with van der Waals surface area (Å²) in [5, 5.41) is 13.3. The van der Waals surface area contributed by atoms with Gasteiger partial charge in [0.25, 0.3) is 0 Å². The van der Waals surface area contributed by atoms with Crippen LogP contribution in [0.15, 0.2) is 87.4 Å². The second kappa shape index (κ2) is 10.3. The van der Waals surface area contributed by atoms with Crippen molar-refractivity contribution in [2.75, 3.05) is 7.11 Å². The van der Waals surface area contributed by atoms with Gasteiger partial charge in [0.2, 0.25) is 0 Å². The van der Waals surface area contributed by atoms with Crippen LogP contribution >= 0.6 is 0 Å². The van der Waals surface area contributed by atoms with Crippen LogP contribution in [0, 0.1) is 13.8 Å². The number of ether oxygens (including phenoxy) is 1. The molecule has 0 aliphatic carbocycles. The molecule has 0 bridgehead atoms. The molecule has 0 aliphatic rings. The number of hydrogen-bond acceptors (Lipinski definition) is 5. The summed E-state index contributed by atoms with van der Waals surface area (Å²) in [5.74, 6) is -0.144. The first-order valence-corrected chi connectivity index (χ1v) is 10.9. The molecule has 0 saturated heterocycles. The van der Waals surface area contributed by atoms with Gasteiger partial charge in [-0.05, 0) is 51.5 Å². The molecule has 1 heterocycles. The fraction of sp³-hybridized carbons (Fsp3) is 0.214. The number of rotatable bonds is 8. The standard InChI is InChI=1S/C28H29NO5/c1-16-14-22(20(5)29-24(18(3)28(31)32)13-12-17(2)33-6)27-23(15-16)25(30)19(4)26(34-27)21-10-8-7-9-11-21/h7-15,20,29H,2H2,1,3-6H3,(H,31,32)/b13-12-,24-18-. The molecule has 3 rings (SSSR count). The first-order valence-electron chi connectivity index (χ1n) is 10.9. The van der Waals surface area contributed by atoms with E-state index in [-0.39, 0.29) is 17.0 Å². The molecule has 3 aromatic rings. The van der Waals surface area contributed by atoms with E-state index in [1.54, 1.807) is 19.1 Å². The van der Waals surface area contributed by atoms with Crippen molar-refractivity contribution in [1.82, 2.24) is 5.32 Å². The Labute approximate surface area is 198 Å². The van der Waals surface area contributed by atoms with Crippen LogP contribution in [0.2, 0.25) is 0 Å². The van der Waals surface area contributed by atoms with Gasteiger partial charge in [-0.2, -0.15) is 0 Å². The van der Waals surface area contributed by atoms with Crippen molar-refractivity contribution in [2.24, 2.45) is 0 Å². The smallest absolute Gasteiger partial charge is 0.333 e. The van der Waals surface area contributed by atoms with Gasteiger partial charge in [-0.1, -0.05) is 43.0 Å². The summed E-state index contributed by atoms with van der Waals surface area (Å²) >= 11 is 0. The van der Waals surface area contributed by atoms with Crippen molar-refractivity contribution in [3.63, 3.8) is 0 Å². The second-order valence-corrected chi connectivity index (χ2v) is 8.20. The maximum atomic E-state index is 13.3. The lowest BCUT2D eigenvalue weighted by Crippen LogP contribution is -2.21. The zero-order chi connectivity index (χ0) is 25.0. The molecule has 1 aromatic heterocycles. The molecule has 34 heavy (non-hydrogen) atoms. The molecule has 6 nitrogen and oxygen atoms in total. The average Bonchev–Trinajstić information content (AvgIpc) is 2.83. The van der Waals surface area contributed by atoms with Gasteiger partial charge >= 0.3 is 5.97 Å². The zero-order valence-electron chi connectivity index (χ0n) is 20.1. The fourth-order valence-corrected chi connectivity index (χ4v) is 3.71. The minimum absolute atomic E-state index is 0.0916. The third-order valence-corrected chi connectivity index (χ3v) is 5.69. The summed E-state index contributed by atoms with van der Waals surface area (Å²) in [4.78, 5) is 25.0. The highest BCUT2D eigenvalue weighted by molar-refractivity contribution is 5.87. The number of benzene rings is 2. The molecular formula is C28H29NO5. The first kappa shape index (κ1) is 24.6. The van der Waals surface area contributed by atoms with Crippen LogP contribution < -0.4 is 10.7 Å². The van der Waals surface area contributed by atoms with E-state index in [9.17, 15) is 14.7 Å². The van der Waals surface area contributed by atoms with E-state index in [4.69, 9.17) is 9.15 Å². The van der Waals surface area contributed by atoms with Crippen LogP contribution in [0.1, 0.15) is 36.6 Å². The predicted molar refractivity (Wildman–Crippen MR) is 135 cm³/mol. The third-order valence-electron chi connectivity index (χ3n) is 5.69. The highest BCUT2D eigenvalue weighted by Crippen LogP contribution is 2.31. The number of aryl methyl sites for hydroxylation is 1. The molecule has 0 amide bonds. The molecule has 6 heteroatoms. The van der Waals surface area contributed by atoms with Crippen molar-refractivity contribution < 1.29 is 19.1 Å². The Morgan fingerprint density at radius 1 is 1.18 bits per heavy atom. The molecule has 0 radical (unpaired) electrons. The van der Waals surface area contributed by atoms with E-state index >= 15 is 0 Å². The molecular weight excluding hydrogens is 430 g/mol. The number of hydrogen-bond donors (Lipinski definition) is 2. The average molecular weight is 460 g/mol. The highest BCUT2D eigenvalue weighted by atomic mass is 16.5. The van der Waals surface area contributed by atoms with Crippen LogP contribution in [0.3, 0.4) is 0 Å². The Morgan fingerprint density at radius 3 is 2.47 bits per heavy atom. The fourth-order valence-electron chi connectivity index (χ4n) is 3.71. The molecule has 0 saturated carbocycles. The number of fused-ring (bicyclic) bond motifs is 1. The van der Waals surface area contributed by atoms with Gasteiger partial charge in [-0.15, -0.1) is 0 Å². The first-order chi connectivity index (χ1) is 16.1. The van der Waals surface area contributed by atoms with Crippen molar-refractivity contribution in [3.8, 4) is 11.3 Å². The maximum Gasteiger partial charge on any atom is 0.333 e. The van der Waals surface area contributed by atoms with Gasteiger partial charge in [0.05, 0.1) is 24.1 Å². The zero-order valence-corrected chi connectivity index (χ0v) is 20.1. The summed E-state index contributed by atoms with van der Waals surface area (Å²) in [6.45, 7) is 10.8. The quantitative estimate of drug-likeness (QED) is 0.251. The normalized spacial score (nSPS) is 13.0. The number of carboxylic acid groups (broad SMARTS) is 1. The van der Waals surface area contributed by atoms with Crippen molar-refractivity contribution in [3.05, 3.63) is 105 Å². The summed E-state index contributed by atoms with van der Waals surface area (Å²) in [6, 6.07) is 12.9. The van der Waals surface area contributed by atoms with Crippen LogP contribution in [0.25, 0.3) is 22.3 Å². The monoisotopic (exact) mass is 459 g/mol. The van der Waals surface area contributed by atoms with Crippen LogP contribution in [-0.4, -0.2) is 18.2 Å². The number of nitrogens with one attached hydrogen (secondary N) is 1. The van der Waals surface area contributed by atoms with E-state index in [2.05, 4.69) is 11.9 Å². The molecule has 1 atom stereocenters. The van der Waals surface area contributed by atoms with Crippen molar-refractivity contribution >= 4 is 16.9 Å². The lowest BCUT2D eigenvalue weighted by atomic mass is 9.98. The van der Waals surface area contributed by atoms with Gasteiger partial charge in [-0.25, -0.2) is 4.79 Å². The maximum absolute atomic E-state index is 13.3. The minimum atomic E-state index is -1.05. The third kappa shape index (κ3) is 5.12. The van der Waals surface area contributed by atoms with Crippen LogP contribution in [0.5, 0.6) is 0 Å². The molecule has 0 aliphatic heterocycles. The minimum Gasteiger partial charge on any atom is -0.497 e.